The average Bonchev–Trinajstić information content (AvgIpc) is 2.70. The van der Waals surface area contributed by atoms with Crippen LogP contribution in [0.15, 0.2) is 23.8 Å². The number of rotatable bonds is 1. The molecule has 2 heteroatoms. The number of aliphatic carboxylic acids is 1. The Morgan fingerprint density at radius 3 is 2.38 bits per heavy atom. The summed E-state index contributed by atoms with van der Waals surface area (Å²) < 4.78 is 0. The van der Waals surface area contributed by atoms with Crippen LogP contribution in [-0.2, 0) is 4.79 Å². The standard InChI is InChI=1S/C30H46O2/c1-19-11-16-30(25(31)32)18-17-28(6)21(24(30)20(19)2)9-10-23-27(5)14-8-13-26(3,4)22(27)12-15-29(23,28)7/h8-9,13,19-20,22-24H,10-12,14-18H2,1-7H3,(H,31,32)/t19-,20+,22?,23?,24?,27+,28-,29-,30+/m1/s1. The zero-order valence-electron chi connectivity index (χ0n) is 21.6. The fourth-order valence-electron chi connectivity index (χ4n) is 10.5. The van der Waals surface area contributed by atoms with Crippen LogP contribution in [-0.4, -0.2) is 11.1 Å². The highest BCUT2D eigenvalue weighted by molar-refractivity contribution is 5.76. The molecule has 0 amide bonds. The molecule has 32 heavy (non-hydrogen) atoms. The average molecular weight is 439 g/mol. The summed E-state index contributed by atoms with van der Waals surface area (Å²) >= 11 is 0. The van der Waals surface area contributed by atoms with E-state index in [1.54, 1.807) is 5.57 Å². The molecule has 0 aromatic carbocycles. The van der Waals surface area contributed by atoms with E-state index in [1.807, 2.05) is 0 Å². The van der Waals surface area contributed by atoms with Crippen LogP contribution in [0.4, 0.5) is 0 Å². The van der Waals surface area contributed by atoms with Crippen molar-refractivity contribution in [3.8, 4) is 0 Å². The second-order valence-electron chi connectivity index (χ2n) is 14.0. The molecule has 5 aliphatic carbocycles. The van der Waals surface area contributed by atoms with Gasteiger partial charge in [-0.25, -0.2) is 0 Å². The SMILES string of the molecule is C[C@@H]1CC[C@]2(C(=O)O)CC[C@]3(C)C(=CCC4[C@@]5(C)CC=CC(C)(C)C5CC[C@]43C)C2[C@H]1C. The Balaban J connectivity index is 1.63. The van der Waals surface area contributed by atoms with Crippen LogP contribution < -0.4 is 0 Å². The van der Waals surface area contributed by atoms with Gasteiger partial charge in [0.1, 0.15) is 0 Å². The van der Waals surface area contributed by atoms with E-state index in [4.69, 9.17) is 0 Å². The van der Waals surface area contributed by atoms with Crippen LogP contribution in [0.25, 0.3) is 0 Å². The first-order chi connectivity index (χ1) is 14.8. The largest absolute Gasteiger partial charge is 0.481 e. The Kier molecular flexibility index (Phi) is 4.80. The summed E-state index contributed by atoms with van der Waals surface area (Å²) in [4.78, 5) is 12.8. The highest BCUT2D eigenvalue weighted by Gasteiger charge is 2.68. The van der Waals surface area contributed by atoms with Crippen molar-refractivity contribution in [3.05, 3.63) is 23.8 Å². The third-order valence-electron chi connectivity index (χ3n) is 12.7. The lowest BCUT2D eigenvalue weighted by molar-refractivity contribution is -0.179. The highest BCUT2D eigenvalue weighted by Crippen LogP contribution is 2.75. The molecule has 0 aromatic rings. The summed E-state index contributed by atoms with van der Waals surface area (Å²) in [6.07, 6.45) is 16.4. The van der Waals surface area contributed by atoms with E-state index >= 15 is 0 Å². The minimum Gasteiger partial charge on any atom is -0.481 e. The van der Waals surface area contributed by atoms with Gasteiger partial charge < -0.3 is 5.11 Å². The third-order valence-corrected chi connectivity index (χ3v) is 12.7. The molecule has 0 saturated heterocycles. The lowest BCUT2D eigenvalue weighted by Crippen LogP contribution is -2.64. The molecule has 5 aliphatic rings. The van der Waals surface area contributed by atoms with Crippen molar-refractivity contribution in [2.24, 2.45) is 56.7 Å². The third kappa shape index (κ3) is 2.56. The van der Waals surface area contributed by atoms with Crippen LogP contribution in [0, 0.1) is 56.7 Å². The van der Waals surface area contributed by atoms with Gasteiger partial charge in [0.05, 0.1) is 5.41 Å². The van der Waals surface area contributed by atoms with E-state index in [1.165, 1.54) is 19.3 Å². The molecule has 0 aliphatic heterocycles. The molecule has 0 aromatic heterocycles. The number of hydrogen-bond acceptors (Lipinski definition) is 1. The predicted octanol–water partition coefficient (Wildman–Crippen LogP) is 7.89. The predicted molar refractivity (Wildman–Crippen MR) is 131 cm³/mol. The monoisotopic (exact) mass is 438 g/mol. The first kappa shape index (κ1) is 22.7. The molecule has 3 unspecified atom stereocenters. The first-order valence-corrected chi connectivity index (χ1v) is 13.5. The molecule has 9 atom stereocenters. The summed E-state index contributed by atoms with van der Waals surface area (Å²) in [6.45, 7) is 17.4. The molecule has 178 valence electrons. The molecule has 3 fully saturated rings. The van der Waals surface area contributed by atoms with Crippen LogP contribution in [0.3, 0.4) is 0 Å². The molecular weight excluding hydrogens is 392 g/mol. The van der Waals surface area contributed by atoms with Crippen molar-refractivity contribution in [3.63, 3.8) is 0 Å². The topological polar surface area (TPSA) is 37.3 Å². The Morgan fingerprint density at radius 2 is 1.69 bits per heavy atom. The summed E-state index contributed by atoms with van der Waals surface area (Å²) in [5.41, 5.74) is 2.02. The molecule has 0 heterocycles. The number of hydrogen-bond donors (Lipinski definition) is 1. The van der Waals surface area contributed by atoms with Gasteiger partial charge in [-0.05, 0) is 103 Å². The van der Waals surface area contributed by atoms with Gasteiger partial charge in [0, 0.05) is 0 Å². The fourth-order valence-corrected chi connectivity index (χ4v) is 10.5. The van der Waals surface area contributed by atoms with Gasteiger partial charge in [-0.15, -0.1) is 0 Å². The first-order valence-electron chi connectivity index (χ1n) is 13.5. The smallest absolute Gasteiger partial charge is 0.310 e. The summed E-state index contributed by atoms with van der Waals surface area (Å²) in [7, 11) is 0. The van der Waals surface area contributed by atoms with E-state index in [2.05, 4.69) is 66.7 Å². The maximum Gasteiger partial charge on any atom is 0.310 e. The van der Waals surface area contributed by atoms with E-state index in [0.717, 1.165) is 38.0 Å². The van der Waals surface area contributed by atoms with Gasteiger partial charge >= 0.3 is 5.97 Å². The number of carboxylic acids is 1. The lowest BCUT2D eigenvalue weighted by atomic mass is 9.34. The Hall–Kier alpha value is -1.05. The van der Waals surface area contributed by atoms with Crippen LogP contribution >= 0.6 is 0 Å². The van der Waals surface area contributed by atoms with Gasteiger partial charge in [-0.3, -0.25) is 4.79 Å². The van der Waals surface area contributed by atoms with E-state index in [9.17, 15) is 9.90 Å². The van der Waals surface area contributed by atoms with Gasteiger partial charge in [0.2, 0.25) is 0 Å². The van der Waals surface area contributed by atoms with Gasteiger partial charge in [-0.1, -0.05) is 72.3 Å². The second kappa shape index (κ2) is 6.76. The second-order valence-corrected chi connectivity index (χ2v) is 14.0. The van der Waals surface area contributed by atoms with E-state index < -0.39 is 11.4 Å². The molecular formula is C30H46O2. The van der Waals surface area contributed by atoms with E-state index in [0.29, 0.717) is 23.2 Å². The van der Waals surface area contributed by atoms with Crippen molar-refractivity contribution in [2.75, 3.05) is 0 Å². The molecule has 5 rings (SSSR count). The van der Waals surface area contributed by atoms with Crippen molar-refractivity contribution in [2.45, 2.75) is 99.8 Å². The highest BCUT2D eigenvalue weighted by atomic mass is 16.4. The number of fused-ring (bicyclic) bond motifs is 7. The van der Waals surface area contributed by atoms with Crippen LogP contribution in [0.2, 0.25) is 0 Å². The van der Waals surface area contributed by atoms with Crippen LogP contribution in [0.5, 0.6) is 0 Å². The Bertz CT molecular complexity index is 881. The number of allylic oxidation sites excluding steroid dienone is 4. The summed E-state index contributed by atoms with van der Waals surface area (Å²) in [5, 5.41) is 10.5. The fraction of sp³-hybridized carbons (Fsp3) is 0.833. The Morgan fingerprint density at radius 1 is 0.969 bits per heavy atom. The molecule has 0 radical (unpaired) electrons. The molecule has 0 bridgehead atoms. The quantitative estimate of drug-likeness (QED) is 0.422. The van der Waals surface area contributed by atoms with Gasteiger partial charge in [0.15, 0.2) is 0 Å². The van der Waals surface area contributed by atoms with Gasteiger partial charge in [0.25, 0.3) is 0 Å². The molecule has 2 nitrogen and oxygen atoms in total. The summed E-state index contributed by atoms with van der Waals surface area (Å²) in [6, 6.07) is 0. The zero-order valence-corrected chi connectivity index (χ0v) is 21.6. The minimum atomic E-state index is -0.531. The zero-order chi connectivity index (χ0) is 23.3. The Labute approximate surface area is 196 Å². The van der Waals surface area contributed by atoms with Crippen molar-refractivity contribution < 1.29 is 9.90 Å². The van der Waals surface area contributed by atoms with Crippen molar-refractivity contribution in [1.82, 2.24) is 0 Å². The molecule has 0 spiro atoms. The van der Waals surface area contributed by atoms with Crippen LogP contribution in [0.1, 0.15) is 99.8 Å². The number of carboxylic acid groups (broad SMARTS) is 1. The number of carbonyl (C=O) groups is 1. The maximum absolute atomic E-state index is 12.8. The normalized spacial score (nSPS) is 53.8. The van der Waals surface area contributed by atoms with Crippen molar-refractivity contribution in [1.29, 1.82) is 0 Å². The van der Waals surface area contributed by atoms with E-state index in [-0.39, 0.29) is 22.2 Å². The molecule has 1 N–H and O–H groups in total. The van der Waals surface area contributed by atoms with Gasteiger partial charge in [-0.2, -0.15) is 0 Å². The molecule has 3 saturated carbocycles. The summed E-state index contributed by atoms with van der Waals surface area (Å²) in [5.74, 6) is 2.18. The minimum absolute atomic E-state index is 0.129. The lowest BCUT2D eigenvalue weighted by Gasteiger charge is -2.70. The maximum atomic E-state index is 12.8. The van der Waals surface area contributed by atoms with Crippen molar-refractivity contribution >= 4 is 5.97 Å².